The molecule has 0 aliphatic carbocycles. The zero-order valence-electron chi connectivity index (χ0n) is 11.4. The lowest BCUT2D eigenvalue weighted by atomic mass is 9.98. The maximum absolute atomic E-state index is 10.4. The molecule has 1 aliphatic heterocycles. The standard InChI is InChI=1S/C17H17ClO2/c1-11-2-3-12(15(18)8-11)10-16(19)13-4-5-17-14(9-13)6-7-20-17/h2-5,8-9,16,19H,6-7,10H2,1H3. The first-order valence-electron chi connectivity index (χ1n) is 6.82. The van der Waals surface area contributed by atoms with Crippen molar-refractivity contribution in [2.45, 2.75) is 25.9 Å². The molecule has 1 aliphatic rings. The van der Waals surface area contributed by atoms with E-state index in [1.165, 1.54) is 5.56 Å². The van der Waals surface area contributed by atoms with Gasteiger partial charge in [-0.25, -0.2) is 0 Å². The van der Waals surface area contributed by atoms with Crippen LogP contribution in [0.25, 0.3) is 0 Å². The van der Waals surface area contributed by atoms with Crippen molar-refractivity contribution < 1.29 is 9.84 Å². The van der Waals surface area contributed by atoms with Crippen LogP contribution in [-0.4, -0.2) is 11.7 Å². The minimum Gasteiger partial charge on any atom is -0.493 e. The molecule has 0 saturated carbocycles. The van der Waals surface area contributed by atoms with Crippen LogP contribution < -0.4 is 4.74 Å². The van der Waals surface area contributed by atoms with Crippen molar-refractivity contribution in [1.29, 1.82) is 0 Å². The van der Waals surface area contributed by atoms with E-state index in [1.54, 1.807) is 0 Å². The molecule has 1 N–H and O–H groups in total. The predicted octanol–water partition coefficient (Wildman–Crippen LogP) is 3.86. The largest absolute Gasteiger partial charge is 0.493 e. The second-order valence-electron chi connectivity index (χ2n) is 5.28. The summed E-state index contributed by atoms with van der Waals surface area (Å²) in [6.07, 6.45) is 0.904. The fraction of sp³-hybridized carbons (Fsp3) is 0.294. The summed E-state index contributed by atoms with van der Waals surface area (Å²) in [5, 5.41) is 11.1. The van der Waals surface area contributed by atoms with E-state index in [0.29, 0.717) is 11.4 Å². The van der Waals surface area contributed by atoms with Gasteiger partial charge in [-0.05, 0) is 47.4 Å². The molecule has 1 heterocycles. The molecule has 0 fully saturated rings. The van der Waals surface area contributed by atoms with Crippen LogP contribution in [0.2, 0.25) is 5.02 Å². The minimum absolute atomic E-state index is 0.527. The highest BCUT2D eigenvalue weighted by molar-refractivity contribution is 6.31. The molecular weight excluding hydrogens is 272 g/mol. The zero-order valence-corrected chi connectivity index (χ0v) is 12.2. The second kappa shape index (κ2) is 5.47. The first-order valence-corrected chi connectivity index (χ1v) is 7.20. The summed E-state index contributed by atoms with van der Waals surface area (Å²) in [5.74, 6) is 0.939. The highest BCUT2D eigenvalue weighted by Crippen LogP contribution is 2.30. The Morgan fingerprint density at radius 1 is 1.25 bits per heavy atom. The van der Waals surface area contributed by atoms with E-state index >= 15 is 0 Å². The van der Waals surface area contributed by atoms with Crippen LogP contribution >= 0.6 is 11.6 Å². The summed E-state index contributed by atoms with van der Waals surface area (Å²) in [5.41, 5.74) is 4.20. The smallest absolute Gasteiger partial charge is 0.122 e. The van der Waals surface area contributed by atoms with Gasteiger partial charge in [-0.1, -0.05) is 29.8 Å². The molecule has 0 radical (unpaired) electrons. The van der Waals surface area contributed by atoms with Crippen molar-refractivity contribution >= 4 is 11.6 Å². The number of benzene rings is 2. The van der Waals surface area contributed by atoms with Gasteiger partial charge in [0.05, 0.1) is 12.7 Å². The Kier molecular flexibility index (Phi) is 3.68. The van der Waals surface area contributed by atoms with Gasteiger partial charge < -0.3 is 9.84 Å². The van der Waals surface area contributed by atoms with Crippen LogP contribution in [-0.2, 0) is 12.8 Å². The molecule has 0 spiro atoms. The molecule has 0 saturated heterocycles. The number of aryl methyl sites for hydroxylation is 1. The molecular formula is C17H17ClO2. The number of ether oxygens (including phenoxy) is 1. The third-order valence-electron chi connectivity index (χ3n) is 3.72. The third kappa shape index (κ3) is 2.67. The summed E-state index contributed by atoms with van der Waals surface area (Å²) in [4.78, 5) is 0. The average Bonchev–Trinajstić information content (AvgIpc) is 2.89. The molecule has 20 heavy (non-hydrogen) atoms. The topological polar surface area (TPSA) is 29.5 Å². The fourth-order valence-electron chi connectivity index (χ4n) is 2.56. The summed E-state index contributed by atoms with van der Waals surface area (Å²) in [7, 11) is 0. The van der Waals surface area contributed by atoms with Gasteiger partial charge in [0.15, 0.2) is 0 Å². The average molecular weight is 289 g/mol. The number of fused-ring (bicyclic) bond motifs is 1. The molecule has 2 nitrogen and oxygen atoms in total. The van der Waals surface area contributed by atoms with Crippen molar-refractivity contribution in [2.75, 3.05) is 6.61 Å². The minimum atomic E-state index is -0.541. The lowest BCUT2D eigenvalue weighted by molar-refractivity contribution is 0.178. The maximum atomic E-state index is 10.4. The van der Waals surface area contributed by atoms with E-state index in [1.807, 2.05) is 43.3 Å². The molecule has 2 aromatic rings. The van der Waals surface area contributed by atoms with Crippen molar-refractivity contribution in [3.8, 4) is 5.75 Å². The highest BCUT2D eigenvalue weighted by atomic mass is 35.5. The summed E-state index contributed by atoms with van der Waals surface area (Å²) in [6.45, 7) is 2.74. The van der Waals surface area contributed by atoms with Crippen molar-refractivity contribution in [3.05, 3.63) is 63.7 Å². The predicted molar refractivity (Wildman–Crippen MR) is 80.5 cm³/mol. The van der Waals surface area contributed by atoms with Crippen LogP contribution in [0, 0.1) is 6.92 Å². The Bertz CT molecular complexity index is 637. The lowest BCUT2D eigenvalue weighted by Gasteiger charge is -2.13. The first-order chi connectivity index (χ1) is 9.63. The SMILES string of the molecule is Cc1ccc(CC(O)c2ccc3c(c2)CCO3)c(Cl)c1. The fourth-order valence-corrected chi connectivity index (χ4v) is 2.87. The van der Waals surface area contributed by atoms with Crippen LogP contribution in [0.15, 0.2) is 36.4 Å². The first kappa shape index (κ1) is 13.5. The Labute approximate surface area is 124 Å². The van der Waals surface area contributed by atoms with Gasteiger partial charge in [-0.2, -0.15) is 0 Å². The van der Waals surface area contributed by atoms with Crippen molar-refractivity contribution in [1.82, 2.24) is 0 Å². The van der Waals surface area contributed by atoms with Crippen LogP contribution in [0.4, 0.5) is 0 Å². The number of hydrogen-bond acceptors (Lipinski definition) is 2. The molecule has 3 rings (SSSR count). The molecule has 104 valence electrons. The van der Waals surface area contributed by atoms with Crippen LogP contribution in [0.1, 0.15) is 28.4 Å². The zero-order chi connectivity index (χ0) is 14.1. The molecule has 0 amide bonds. The number of aliphatic hydroxyl groups is 1. The quantitative estimate of drug-likeness (QED) is 0.929. The van der Waals surface area contributed by atoms with Gasteiger partial charge in [-0.3, -0.25) is 0 Å². The van der Waals surface area contributed by atoms with Crippen LogP contribution in [0.5, 0.6) is 5.75 Å². The third-order valence-corrected chi connectivity index (χ3v) is 4.07. The van der Waals surface area contributed by atoms with E-state index in [4.69, 9.17) is 16.3 Å². The van der Waals surface area contributed by atoms with E-state index in [2.05, 4.69) is 0 Å². The van der Waals surface area contributed by atoms with Gasteiger partial charge in [-0.15, -0.1) is 0 Å². The molecule has 1 unspecified atom stereocenters. The van der Waals surface area contributed by atoms with Gasteiger partial charge in [0.2, 0.25) is 0 Å². The summed E-state index contributed by atoms with van der Waals surface area (Å²) in [6, 6.07) is 11.8. The van der Waals surface area contributed by atoms with E-state index in [-0.39, 0.29) is 0 Å². The van der Waals surface area contributed by atoms with Gasteiger partial charge in [0.1, 0.15) is 5.75 Å². The second-order valence-corrected chi connectivity index (χ2v) is 5.69. The summed E-state index contributed by atoms with van der Waals surface area (Å²) >= 11 is 6.22. The van der Waals surface area contributed by atoms with E-state index < -0.39 is 6.10 Å². The molecule has 0 bridgehead atoms. The number of halogens is 1. The number of rotatable bonds is 3. The van der Waals surface area contributed by atoms with Gasteiger partial charge >= 0.3 is 0 Å². The lowest BCUT2D eigenvalue weighted by Crippen LogP contribution is -2.03. The number of hydrogen-bond donors (Lipinski definition) is 1. The van der Waals surface area contributed by atoms with Crippen LogP contribution in [0.3, 0.4) is 0 Å². The van der Waals surface area contributed by atoms with E-state index in [9.17, 15) is 5.11 Å². The van der Waals surface area contributed by atoms with Gasteiger partial charge in [0, 0.05) is 17.9 Å². The summed E-state index contributed by atoms with van der Waals surface area (Å²) < 4.78 is 5.48. The van der Waals surface area contributed by atoms with Crippen molar-refractivity contribution in [3.63, 3.8) is 0 Å². The maximum Gasteiger partial charge on any atom is 0.122 e. The Morgan fingerprint density at radius 3 is 2.90 bits per heavy atom. The monoisotopic (exact) mass is 288 g/mol. The molecule has 2 aromatic carbocycles. The highest BCUT2D eigenvalue weighted by Gasteiger charge is 2.16. The molecule has 0 aromatic heterocycles. The molecule has 1 atom stereocenters. The Balaban J connectivity index is 1.80. The van der Waals surface area contributed by atoms with Gasteiger partial charge in [0.25, 0.3) is 0 Å². The Hall–Kier alpha value is -1.51. The van der Waals surface area contributed by atoms with Crippen molar-refractivity contribution in [2.24, 2.45) is 0 Å². The normalized spacial score (nSPS) is 14.8. The molecule has 3 heteroatoms. The number of aliphatic hydroxyl groups excluding tert-OH is 1. The van der Waals surface area contributed by atoms with E-state index in [0.717, 1.165) is 35.5 Å². The Morgan fingerprint density at radius 2 is 2.10 bits per heavy atom.